The van der Waals surface area contributed by atoms with Crippen molar-refractivity contribution in [1.82, 2.24) is 14.9 Å². The van der Waals surface area contributed by atoms with Crippen LogP contribution in [-0.2, 0) is 13.0 Å². The van der Waals surface area contributed by atoms with Crippen molar-refractivity contribution in [2.75, 3.05) is 6.54 Å². The predicted octanol–water partition coefficient (Wildman–Crippen LogP) is 2.92. The van der Waals surface area contributed by atoms with E-state index >= 15 is 0 Å². The first-order valence-corrected chi connectivity index (χ1v) is 7.78. The van der Waals surface area contributed by atoms with Gasteiger partial charge in [0.2, 0.25) is 0 Å². The molecule has 2 bridgehead atoms. The molecule has 0 saturated heterocycles. The van der Waals surface area contributed by atoms with E-state index in [0.29, 0.717) is 16.9 Å². The Morgan fingerprint density at radius 2 is 2.21 bits per heavy atom. The number of rotatable bonds is 1. The highest BCUT2D eigenvalue weighted by Crippen LogP contribution is 2.68. The Morgan fingerprint density at radius 1 is 1.37 bits per heavy atom. The van der Waals surface area contributed by atoms with Crippen molar-refractivity contribution in [2.45, 2.75) is 59.0 Å². The van der Waals surface area contributed by atoms with Gasteiger partial charge in [-0.2, -0.15) is 0 Å². The number of nitrogens with zero attached hydrogens (tertiary/aromatic N) is 2. The van der Waals surface area contributed by atoms with Gasteiger partial charge in [0, 0.05) is 31.2 Å². The van der Waals surface area contributed by atoms with Crippen LogP contribution in [0.25, 0.3) is 0 Å². The topological polar surface area (TPSA) is 29.9 Å². The van der Waals surface area contributed by atoms with Crippen LogP contribution >= 0.6 is 0 Å². The maximum absolute atomic E-state index is 4.68. The van der Waals surface area contributed by atoms with Gasteiger partial charge < -0.3 is 9.88 Å². The van der Waals surface area contributed by atoms with E-state index in [-0.39, 0.29) is 0 Å². The van der Waals surface area contributed by atoms with Crippen LogP contribution in [0, 0.1) is 16.7 Å². The monoisotopic (exact) mass is 259 g/mol. The molecule has 3 unspecified atom stereocenters. The van der Waals surface area contributed by atoms with Gasteiger partial charge in [-0.25, -0.2) is 4.98 Å². The molecule has 2 heterocycles. The van der Waals surface area contributed by atoms with E-state index in [0.717, 1.165) is 25.4 Å². The normalized spacial score (nSPS) is 39.5. The standard InChI is InChI=1S/C16H25N3/c1-15(2)11-4-6-16(3,8-11)14(15)19-10-18-12-9-17-7-5-13(12)19/h10-11,14,17H,4-9H2,1-3H3. The molecule has 104 valence electrons. The average Bonchev–Trinajstić information content (AvgIpc) is 2.99. The fraction of sp³-hybridized carbons (Fsp3) is 0.812. The zero-order valence-corrected chi connectivity index (χ0v) is 12.4. The van der Waals surface area contributed by atoms with Crippen LogP contribution in [0.2, 0.25) is 0 Å². The molecule has 1 aromatic rings. The van der Waals surface area contributed by atoms with Crippen LogP contribution in [0.5, 0.6) is 0 Å². The van der Waals surface area contributed by atoms with Gasteiger partial charge in [-0.15, -0.1) is 0 Å². The molecule has 3 aliphatic rings. The van der Waals surface area contributed by atoms with Crippen molar-refractivity contribution < 1.29 is 0 Å². The van der Waals surface area contributed by atoms with Crippen molar-refractivity contribution in [3.8, 4) is 0 Å². The van der Waals surface area contributed by atoms with E-state index in [4.69, 9.17) is 0 Å². The largest absolute Gasteiger partial charge is 0.330 e. The molecule has 1 aromatic heterocycles. The Kier molecular flexibility index (Phi) is 2.28. The second-order valence-corrected chi connectivity index (χ2v) is 7.79. The highest BCUT2D eigenvalue weighted by molar-refractivity contribution is 5.21. The van der Waals surface area contributed by atoms with Gasteiger partial charge in [0.25, 0.3) is 0 Å². The number of hydrogen-bond donors (Lipinski definition) is 1. The number of hydrogen-bond acceptors (Lipinski definition) is 2. The summed E-state index contributed by atoms with van der Waals surface area (Å²) in [7, 11) is 0. The first kappa shape index (κ1) is 12.0. The molecular formula is C16H25N3. The smallest absolute Gasteiger partial charge is 0.0955 e. The van der Waals surface area contributed by atoms with E-state index in [1.807, 2.05) is 0 Å². The molecule has 0 spiro atoms. The number of nitrogens with one attached hydrogen (secondary N) is 1. The molecule has 1 aliphatic heterocycles. The molecular weight excluding hydrogens is 234 g/mol. The third kappa shape index (κ3) is 1.45. The van der Waals surface area contributed by atoms with Crippen LogP contribution in [0.15, 0.2) is 6.33 Å². The molecule has 0 aromatic carbocycles. The summed E-state index contributed by atoms with van der Waals surface area (Å²) in [6.45, 7) is 9.54. The maximum atomic E-state index is 4.68. The minimum atomic E-state index is 0.423. The minimum Gasteiger partial charge on any atom is -0.330 e. The van der Waals surface area contributed by atoms with Gasteiger partial charge in [0.15, 0.2) is 0 Å². The number of aromatic nitrogens is 2. The van der Waals surface area contributed by atoms with Crippen molar-refractivity contribution in [3.63, 3.8) is 0 Å². The molecule has 2 saturated carbocycles. The molecule has 0 radical (unpaired) electrons. The molecule has 1 N–H and O–H groups in total. The number of fused-ring (bicyclic) bond motifs is 3. The van der Waals surface area contributed by atoms with Gasteiger partial charge in [-0.3, -0.25) is 0 Å². The first-order valence-electron chi connectivity index (χ1n) is 7.78. The van der Waals surface area contributed by atoms with Gasteiger partial charge in [0.1, 0.15) is 0 Å². The lowest BCUT2D eigenvalue weighted by Crippen LogP contribution is -2.38. The summed E-state index contributed by atoms with van der Waals surface area (Å²) >= 11 is 0. The van der Waals surface area contributed by atoms with E-state index in [2.05, 4.69) is 42.0 Å². The lowest BCUT2D eigenvalue weighted by Gasteiger charge is -2.44. The first-order chi connectivity index (χ1) is 9.02. The van der Waals surface area contributed by atoms with E-state index in [1.165, 1.54) is 30.7 Å². The predicted molar refractivity (Wildman–Crippen MR) is 75.9 cm³/mol. The van der Waals surface area contributed by atoms with Crippen molar-refractivity contribution in [1.29, 1.82) is 0 Å². The van der Waals surface area contributed by atoms with Gasteiger partial charge in [0.05, 0.1) is 12.0 Å². The highest BCUT2D eigenvalue weighted by atomic mass is 15.1. The maximum Gasteiger partial charge on any atom is 0.0955 e. The van der Waals surface area contributed by atoms with E-state index < -0.39 is 0 Å². The van der Waals surface area contributed by atoms with Crippen molar-refractivity contribution in [3.05, 3.63) is 17.7 Å². The number of imidazole rings is 1. The fourth-order valence-corrected chi connectivity index (χ4v) is 5.45. The van der Waals surface area contributed by atoms with Gasteiger partial charge in [-0.05, 0) is 36.0 Å². The summed E-state index contributed by atoms with van der Waals surface area (Å²) in [6.07, 6.45) is 7.52. The zero-order valence-electron chi connectivity index (χ0n) is 12.4. The summed E-state index contributed by atoms with van der Waals surface area (Å²) in [5.41, 5.74) is 3.71. The lowest BCUT2D eigenvalue weighted by molar-refractivity contribution is 0.0810. The van der Waals surface area contributed by atoms with Gasteiger partial charge >= 0.3 is 0 Å². The third-order valence-electron chi connectivity index (χ3n) is 6.29. The Hall–Kier alpha value is -0.830. The molecule has 3 nitrogen and oxygen atoms in total. The van der Waals surface area contributed by atoms with Gasteiger partial charge in [-0.1, -0.05) is 20.8 Å². The molecule has 0 amide bonds. The summed E-state index contributed by atoms with van der Waals surface area (Å²) in [6, 6.07) is 0.646. The van der Waals surface area contributed by atoms with Crippen LogP contribution in [0.3, 0.4) is 0 Å². The average molecular weight is 259 g/mol. The van der Waals surface area contributed by atoms with Crippen LogP contribution in [0.1, 0.15) is 57.5 Å². The zero-order chi connectivity index (χ0) is 13.3. The van der Waals surface area contributed by atoms with E-state index in [1.54, 1.807) is 0 Å². The van der Waals surface area contributed by atoms with Crippen molar-refractivity contribution >= 4 is 0 Å². The van der Waals surface area contributed by atoms with E-state index in [9.17, 15) is 0 Å². The molecule has 2 fully saturated rings. The molecule has 19 heavy (non-hydrogen) atoms. The molecule has 3 heteroatoms. The highest BCUT2D eigenvalue weighted by Gasteiger charge is 2.60. The molecule has 4 rings (SSSR count). The van der Waals surface area contributed by atoms with Crippen LogP contribution in [0.4, 0.5) is 0 Å². The summed E-state index contributed by atoms with van der Waals surface area (Å²) in [4.78, 5) is 4.68. The van der Waals surface area contributed by atoms with Crippen LogP contribution < -0.4 is 5.32 Å². The third-order valence-corrected chi connectivity index (χ3v) is 6.29. The SMILES string of the molecule is CC12CCC(C1)C(C)(C)C2n1cnc2c1CCNC2. The second kappa shape index (κ2) is 3.63. The molecule has 3 atom stereocenters. The second-order valence-electron chi connectivity index (χ2n) is 7.79. The molecule has 2 aliphatic carbocycles. The Bertz CT molecular complexity index is 511. The summed E-state index contributed by atoms with van der Waals surface area (Å²) in [5.74, 6) is 0.905. The summed E-state index contributed by atoms with van der Waals surface area (Å²) < 4.78 is 2.56. The van der Waals surface area contributed by atoms with Crippen LogP contribution in [-0.4, -0.2) is 16.1 Å². The van der Waals surface area contributed by atoms with Crippen molar-refractivity contribution in [2.24, 2.45) is 16.7 Å². The Balaban J connectivity index is 1.82. The summed E-state index contributed by atoms with van der Waals surface area (Å²) in [5, 5.41) is 3.43. The lowest BCUT2D eigenvalue weighted by atomic mass is 9.68. The fourth-order valence-electron chi connectivity index (χ4n) is 5.45. The minimum absolute atomic E-state index is 0.423. The quantitative estimate of drug-likeness (QED) is 0.840. The Labute approximate surface area is 115 Å². The Morgan fingerprint density at radius 3 is 2.95 bits per heavy atom.